The molecule has 1 atom stereocenters. The van der Waals surface area contributed by atoms with Crippen molar-refractivity contribution >= 4 is 11.8 Å². The van der Waals surface area contributed by atoms with Crippen LogP contribution in [0, 0.1) is 12.8 Å². The summed E-state index contributed by atoms with van der Waals surface area (Å²) in [7, 11) is 0. The van der Waals surface area contributed by atoms with Crippen molar-refractivity contribution in [2.45, 2.75) is 33.7 Å². The number of hydrogen-bond acceptors (Lipinski definition) is 2. The molecule has 4 heteroatoms. The van der Waals surface area contributed by atoms with Crippen molar-refractivity contribution in [3.8, 4) is 0 Å². The van der Waals surface area contributed by atoms with E-state index in [1.807, 2.05) is 37.8 Å². The maximum atomic E-state index is 12.3. The van der Waals surface area contributed by atoms with Crippen LogP contribution in [-0.4, -0.2) is 41.2 Å². The lowest BCUT2D eigenvalue weighted by Gasteiger charge is -2.22. The summed E-state index contributed by atoms with van der Waals surface area (Å²) >= 11 is 0. The minimum atomic E-state index is -0.178. The molecule has 1 saturated heterocycles. The first-order chi connectivity index (χ1) is 10.0. The average molecular weight is 288 g/mol. The van der Waals surface area contributed by atoms with Gasteiger partial charge in [0, 0.05) is 32.6 Å². The molecule has 2 rings (SSSR count). The Bertz CT molecular complexity index is 506. The molecule has 0 aliphatic carbocycles. The molecule has 0 radical (unpaired) electrons. The Morgan fingerprint density at radius 3 is 2.43 bits per heavy atom. The highest BCUT2D eigenvalue weighted by Crippen LogP contribution is 2.22. The Morgan fingerprint density at radius 1 is 1.24 bits per heavy atom. The van der Waals surface area contributed by atoms with E-state index in [1.54, 1.807) is 4.90 Å². The topological polar surface area (TPSA) is 40.6 Å². The Balaban J connectivity index is 1.99. The minimum absolute atomic E-state index is 0.0843. The van der Waals surface area contributed by atoms with Crippen LogP contribution in [0.25, 0.3) is 0 Å². The summed E-state index contributed by atoms with van der Waals surface area (Å²) in [5.74, 6) is 0.0173. The van der Waals surface area contributed by atoms with Gasteiger partial charge in [0.05, 0.1) is 5.92 Å². The predicted octanol–water partition coefficient (Wildman–Crippen LogP) is 2.21. The van der Waals surface area contributed by atoms with Crippen LogP contribution < -0.4 is 0 Å². The van der Waals surface area contributed by atoms with E-state index in [-0.39, 0.29) is 17.7 Å². The molecule has 1 aromatic rings. The molecule has 0 spiro atoms. The van der Waals surface area contributed by atoms with Gasteiger partial charge in [-0.2, -0.15) is 0 Å². The zero-order valence-electron chi connectivity index (χ0n) is 13.1. The number of aryl methyl sites for hydroxylation is 1. The second-order valence-corrected chi connectivity index (χ2v) is 5.67. The van der Waals surface area contributed by atoms with Crippen LogP contribution in [0.4, 0.5) is 0 Å². The van der Waals surface area contributed by atoms with Crippen LogP contribution in [-0.2, 0) is 16.1 Å². The predicted molar refractivity (Wildman–Crippen MR) is 82.6 cm³/mol. The molecular weight excluding hydrogens is 264 g/mol. The Hall–Kier alpha value is -1.84. The first-order valence-corrected chi connectivity index (χ1v) is 7.67. The smallest absolute Gasteiger partial charge is 0.227 e. The lowest BCUT2D eigenvalue weighted by atomic mass is 10.1. The molecule has 1 heterocycles. The third-order valence-electron chi connectivity index (χ3n) is 4.13. The van der Waals surface area contributed by atoms with Crippen molar-refractivity contribution in [3.63, 3.8) is 0 Å². The Labute approximate surface area is 126 Å². The van der Waals surface area contributed by atoms with Crippen molar-refractivity contribution in [1.82, 2.24) is 9.80 Å². The first kappa shape index (κ1) is 15.5. The largest absolute Gasteiger partial charge is 0.343 e. The molecule has 1 unspecified atom stereocenters. The highest BCUT2D eigenvalue weighted by molar-refractivity contribution is 5.89. The van der Waals surface area contributed by atoms with Gasteiger partial charge >= 0.3 is 0 Å². The van der Waals surface area contributed by atoms with Gasteiger partial charge < -0.3 is 9.80 Å². The van der Waals surface area contributed by atoms with Crippen LogP contribution in [0.2, 0.25) is 0 Å². The van der Waals surface area contributed by atoms with E-state index in [0.29, 0.717) is 32.6 Å². The van der Waals surface area contributed by atoms with E-state index >= 15 is 0 Å². The lowest BCUT2D eigenvalue weighted by Crippen LogP contribution is -2.37. The maximum absolute atomic E-state index is 12.3. The summed E-state index contributed by atoms with van der Waals surface area (Å²) in [5.41, 5.74) is 2.32. The molecule has 0 aromatic heterocycles. The summed E-state index contributed by atoms with van der Waals surface area (Å²) in [6.45, 7) is 8.55. The Kier molecular flexibility index (Phi) is 4.99. The normalized spacial score (nSPS) is 18.1. The zero-order valence-corrected chi connectivity index (χ0v) is 13.1. The van der Waals surface area contributed by atoms with Crippen molar-refractivity contribution in [1.29, 1.82) is 0 Å². The Morgan fingerprint density at radius 2 is 1.86 bits per heavy atom. The van der Waals surface area contributed by atoms with Gasteiger partial charge in [0.2, 0.25) is 11.8 Å². The van der Waals surface area contributed by atoms with E-state index in [9.17, 15) is 9.59 Å². The van der Waals surface area contributed by atoms with E-state index in [0.717, 1.165) is 5.56 Å². The van der Waals surface area contributed by atoms with Gasteiger partial charge in [-0.25, -0.2) is 0 Å². The second-order valence-electron chi connectivity index (χ2n) is 5.67. The van der Waals surface area contributed by atoms with Gasteiger partial charge in [0.1, 0.15) is 0 Å². The number of carbonyl (C=O) groups is 2. The maximum Gasteiger partial charge on any atom is 0.227 e. The summed E-state index contributed by atoms with van der Waals surface area (Å²) < 4.78 is 0. The second kappa shape index (κ2) is 6.74. The van der Waals surface area contributed by atoms with E-state index in [1.165, 1.54) is 5.56 Å². The number of benzene rings is 1. The molecule has 21 heavy (non-hydrogen) atoms. The fourth-order valence-corrected chi connectivity index (χ4v) is 2.80. The monoisotopic (exact) mass is 288 g/mol. The van der Waals surface area contributed by atoms with Crippen LogP contribution in [0.5, 0.6) is 0 Å². The van der Waals surface area contributed by atoms with Gasteiger partial charge in [0.15, 0.2) is 0 Å². The van der Waals surface area contributed by atoms with E-state index in [2.05, 4.69) is 12.1 Å². The summed E-state index contributed by atoms with van der Waals surface area (Å²) in [5, 5.41) is 0. The molecular formula is C17H24N2O2. The number of carbonyl (C=O) groups excluding carboxylic acids is 2. The first-order valence-electron chi connectivity index (χ1n) is 7.67. The van der Waals surface area contributed by atoms with Crippen molar-refractivity contribution < 1.29 is 9.59 Å². The van der Waals surface area contributed by atoms with Gasteiger partial charge in [0.25, 0.3) is 0 Å². The molecule has 1 fully saturated rings. The third-order valence-corrected chi connectivity index (χ3v) is 4.13. The van der Waals surface area contributed by atoms with Gasteiger partial charge in [-0.1, -0.05) is 29.8 Å². The number of rotatable bonds is 5. The fourth-order valence-electron chi connectivity index (χ4n) is 2.80. The van der Waals surface area contributed by atoms with Crippen LogP contribution >= 0.6 is 0 Å². The van der Waals surface area contributed by atoms with E-state index < -0.39 is 0 Å². The highest BCUT2D eigenvalue weighted by atomic mass is 16.2. The summed E-state index contributed by atoms with van der Waals surface area (Å²) in [4.78, 5) is 28.1. The molecule has 1 aliphatic rings. The molecule has 4 nitrogen and oxygen atoms in total. The van der Waals surface area contributed by atoms with Crippen LogP contribution in [0.15, 0.2) is 24.3 Å². The van der Waals surface area contributed by atoms with Gasteiger partial charge in [-0.15, -0.1) is 0 Å². The highest BCUT2D eigenvalue weighted by Gasteiger charge is 2.35. The van der Waals surface area contributed by atoms with E-state index in [4.69, 9.17) is 0 Å². The third kappa shape index (κ3) is 3.63. The lowest BCUT2D eigenvalue weighted by molar-refractivity contribution is -0.135. The molecule has 2 amide bonds. The minimum Gasteiger partial charge on any atom is -0.343 e. The van der Waals surface area contributed by atoms with Crippen LogP contribution in [0.3, 0.4) is 0 Å². The SMILES string of the molecule is CCN(CC)C(=O)C1CC(=O)N(Cc2ccc(C)cc2)C1. The molecule has 114 valence electrons. The standard InChI is InChI=1S/C17H24N2O2/c1-4-18(5-2)17(21)15-10-16(20)19(12-15)11-14-8-6-13(3)7-9-14/h6-9,15H,4-5,10-12H2,1-3H3. The summed E-state index contributed by atoms with van der Waals surface area (Å²) in [6.07, 6.45) is 0.348. The van der Waals surface area contributed by atoms with Crippen molar-refractivity contribution in [2.75, 3.05) is 19.6 Å². The molecule has 0 bridgehead atoms. The quantitative estimate of drug-likeness (QED) is 0.833. The average Bonchev–Trinajstić information content (AvgIpc) is 2.84. The van der Waals surface area contributed by atoms with Gasteiger partial charge in [-0.05, 0) is 26.3 Å². The fraction of sp³-hybridized carbons (Fsp3) is 0.529. The molecule has 1 aromatic carbocycles. The van der Waals surface area contributed by atoms with Gasteiger partial charge in [-0.3, -0.25) is 9.59 Å². The number of amides is 2. The van der Waals surface area contributed by atoms with Crippen LogP contribution in [0.1, 0.15) is 31.4 Å². The molecule has 1 aliphatic heterocycles. The number of nitrogens with zero attached hydrogens (tertiary/aromatic N) is 2. The zero-order chi connectivity index (χ0) is 15.4. The van der Waals surface area contributed by atoms with Crippen molar-refractivity contribution in [3.05, 3.63) is 35.4 Å². The van der Waals surface area contributed by atoms with Crippen molar-refractivity contribution in [2.24, 2.45) is 5.92 Å². The molecule has 0 saturated carbocycles. The summed E-state index contributed by atoms with van der Waals surface area (Å²) in [6, 6.07) is 8.19. The number of likely N-dealkylation sites (tertiary alicyclic amines) is 1. The number of hydrogen-bond donors (Lipinski definition) is 0. The molecule has 0 N–H and O–H groups in total.